The molecule has 1 amide bonds. The van der Waals surface area contributed by atoms with Crippen molar-refractivity contribution in [1.29, 1.82) is 0 Å². The fourth-order valence-corrected chi connectivity index (χ4v) is 4.92. The maximum absolute atomic E-state index is 14.2. The third-order valence-corrected chi connectivity index (χ3v) is 7.18. The fourth-order valence-electron chi connectivity index (χ4n) is 4.08. The number of anilines is 1. The van der Waals surface area contributed by atoms with Gasteiger partial charge in [-0.3, -0.25) is 4.79 Å². The number of nitrogens with zero attached hydrogens (tertiary/aromatic N) is 7. The van der Waals surface area contributed by atoms with E-state index in [0.29, 0.717) is 18.1 Å². The molecule has 0 spiro atoms. The van der Waals surface area contributed by atoms with Crippen molar-refractivity contribution >= 4 is 51.0 Å². The van der Waals surface area contributed by atoms with E-state index in [1.165, 1.54) is 10.6 Å². The average Bonchev–Trinajstić information content (AvgIpc) is 3.43. The molecule has 0 radical (unpaired) electrons. The molecule has 0 unspecified atom stereocenters. The van der Waals surface area contributed by atoms with Gasteiger partial charge >= 0.3 is 0 Å². The molecule has 2 N–H and O–H groups in total. The Bertz CT molecular complexity index is 1380. The van der Waals surface area contributed by atoms with Gasteiger partial charge in [0.1, 0.15) is 17.0 Å². The third kappa shape index (κ3) is 3.79. The van der Waals surface area contributed by atoms with Crippen LogP contribution >= 0.6 is 22.6 Å². The monoisotopic (exact) mass is 566 g/mol. The Morgan fingerprint density at radius 1 is 1.24 bits per heavy atom. The Morgan fingerprint density at radius 3 is 2.76 bits per heavy atom. The first-order valence-corrected chi connectivity index (χ1v) is 11.8. The van der Waals surface area contributed by atoms with E-state index in [1.807, 2.05) is 18.4 Å². The Labute approximate surface area is 201 Å². The first-order valence-electron chi connectivity index (χ1n) is 10.5. The molecule has 0 bridgehead atoms. The Kier molecular flexibility index (Phi) is 5.41. The predicted molar refractivity (Wildman–Crippen MR) is 126 cm³/mol. The van der Waals surface area contributed by atoms with Crippen LogP contribution in [-0.2, 0) is 0 Å². The molecule has 1 aliphatic rings. The van der Waals surface area contributed by atoms with Gasteiger partial charge in [-0.15, -0.1) is 5.10 Å². The van der Waals surface area contributed by atoms with Gasteiger partial charge in [0.2, 0.25) is 5.95 Å². The lowest BCUT2D eigenvalue weighted by Crippen LogP contribution is -2.43. The highest BCUT2D eigenvalue weighted by Gasteiger charge is 2.34. The van der Waals surface area contributed by atoms with E-state index in [2.05, 4.69) is 42.6 Å². The van der Waals surface area contributed by atoms with Gasteiger partial charge < -0.3 is 15.2 Å². The van der Waals surface area contributed by atoms with Crippen molar-refractivity contribution in [2.75, 3.05) is 12.3 Å². The largest absolute Gasteiger partial charge is 0.368 e. The highest BCUT2D eigenvalue weighted by Crippen LogP contribution is 2.33. The number of nitrogen functional groups attached to an aromatic ring is 1. The Hall–Kier alpha value is -2.90. The second-order valence-corrected chi connectivity index (χ2v) is 9.86. The number of halogens is 3. The summed E-state index contributed by atoms with van der Waals surface area (Å²) in [5.74, 6) is -1.46. The van der Waals surface area contributed by atoms with Crippen LogP contribution in [0.4, 0.5) is 14.7 Å². The van der Waals surface area contributed by atoms with Crippen molar-refractivity contribution in [2.45, 2.75) is 42.7 Å². The van der Waals surface area contributed by atoms with Crippen LogP contribution in [0.15, 0.2) is 24.7 Å². The smallest absolute Gasteiger partial charge is 0.274 e. The molecule has 12 heteroatoms. The first kappa shape index (κ1) is 21.9. The molecule has 9 nitrogen and oxygen atoms in total. The Balaban J connectivity index is 1.50. The summed E-state index contributed by atoms with van der Waals surface area (Å²) in [6.45, 7) is 4.43. The molecule has 172 valence electrons. The van der Waals surface area contributed by atoms with E-state index in [4.69, 9.17) is 5.73 Å². The molecule has 1 saturated heterocycles. The summed E-state index contributed by atoms with van der Waals surface area (Å²) >= 11 is 2.26. The number of likely N-dealkylation sites (tertiary alicyclic amines) is 1. The molecule has 4 aromatic rings. The van der Waals surface area contributed by atoms with E-state index in [1.54, 1.807) is 17.4 Å². The number of carbonyl (C=O) groups is 1. The molecule has 3 aromatic heterocycles. The molecule has 33 heavy (non-hydrogen) atoms. The summed E-state index contributed by atoms with van der Waals surface area (Å²) in [5, 5.41) is 4.67. The van der Waals surface area contributed by atoms with Gasteiger partial charge in [0.15, 0.2) is 17.3 Å². The number of aromatic nitrogens is 6. The van der Waals surface area contributed by atoms with Gasteiger partial charge in [0.05, 0.1) is 15.8 Å². The normalized spacial score (nSPS) is 19.2. The lowest BCUT2D eigenvalue weighted by molar-refractivity contribution is 0.0683. The lowest BCUT2D eigenvalue weighted by atomic mass is 9.97. The second-order valence-electron chi connectivity index (χ2n) is 8.43. The van der Waals surface area contributed by atoms with Gasteiger partial charge in [-0.05, 0) is 32.8 Å². The summed E-state index contributed by atoms with van der Waals surface area (Å²) in [4.78, 5) is 27.8. The van der Waals surface area contributed by atoms with Crippen molar-refractivity contribution in [2.24, 2.45) is 0 Å². The van der Waals surface area contributed by atoms with Crippen molar-refractivity contribution in [1.82, 2.24) is 34.0 Å². The summed E-state index contributed by atoms with van der Waals surface area (Å²) in [6, 6.07) is 2.13. The summed E-state index contributed by atoms with van der Waals surface area (Å²) in [7, 11) is 0. The number of imidazole rings is 1. The number of rotatable bonds is 3. The van der Waals surface area contributed by atoms with Crippen molar-refractivity contribution in [3.05, 3.63) is 47.8 Å². The van der Waals surface area contributed by atoms with Gasteiger partial charge in [0, 0.05) is 30.8 Å². The van der Waals surface area contributed by atoms with Crippen LogP contribution in [0.25, 0.3) is 16.6 Å². The number of alkyl halides is 1. The third-order valence-electron chi connectivity index (χ3n) is 5.89. The fraction of sp³-hybridized carbons (Fsp3) is 0.381. The van der Waals surface area contributed by atoms with Gasteiger partial charge in [-0.25, -0.2) is 23.7 Å². The summed E-state index contributed by atoms with van der Waals surface area (Å²) in [5.41, 5.74) is 6.54. The van der Waals surface area contributed by atoms with Crippen molar-refractivity contribution in [3.63, 3.8) is 0 Å². The van der Waals surface area contributed by atoms with Crippen LogP contribution in [-0.4, -0.2) is 50.5 Å². The molecule has 0 saturated carbocycles. The minimum Gasteiger partial charge on any atom is -0.368 e. The number of benzene rings is 1. The van der Waals surface area contributed by atoms with E-state index < -0.39 is 11.6 Å². The zero-order chi connectivity index (χ0) is 23.4. The van der Waals surface area contributed by atoms with E-state index in [-0.39, 0.29) is 44.4 Å². The van der Waals surface area contributed by atoms with Crippen LogP contribution in [0.5, 0.6) is 0 Å². The molecule has 1 aliphatic heterocycles. The van der Waals surface area contributed by atoms with Gasteiger partial charge in [-0.1, -0.05) is 22.6 Å². The minimum atomic E-state index is -0.813. The molecular formula is C21H21F2IN8O. The van der Waals surface area contributed by atoms with Gasteiger partial charge in [0.25, 0.3) is 5.91 Å². The lowest BCUT2D eigenvalue weighted by Gasteiger charge is -2.35. The zero-order valence-corrected chi connectivity index (χ0v) is 20.1. The maximum Gasteiger partial charge on any atom is 0.274 e. The highest BCUT2D eigenvalue weighted by atomic mass is 127. The second kappa shape index (κ2) is 8.15. The highest BCUT2D eigenvalue weighted by molar-refractivity contribution is 14.1. The summed E-state index contributed by atoms with van der Waals surface area (Å²) in [6.07, 6.45) is 4.91. The molecule has 1 aromatic carbocycles. The zero-order valence-electron chi connectivity index (χ0n) is 17.9. The SMILES string of the molecule is CC(C)n1cnc(C(=O)N2C[C@H](c3nc4c5cc(F)cc(F)c5nc(N)n4n3)CC[C@@H]2I)c1. The van der Waals surface area contributed by atoms with Crippen molar-refractivity contribution in [3.8, 4) is 0 Å². The molecule has 2 atom stereocenters. The number of fused-ring (bicyclic) bond motifs is 3. The number of carbonyl (C=O) groups excluding carboxylic acids is 1. The number of piperidine rings is 1. The molecule has 0 aliphatic carbocycles. The van der Waals surface area contributed by atoms with Crippen LogP contribution in [0, 0.1) is 11.6 Å². The maximum atomic E-state index is 14.2. The Morgan fingerprint density at radius 2 is 2.03 bits per heavy atom. The number of hydrogen-bond acceptors (Lipinski definition) is 6. The van der Waals surface area contributed by atoms with Crippen LogP contribution < -0.4 is 5.73 Å². The predicted octanol–water partition coefficient (Wildman–Crippen LogP) is 3.70. The average molecular weight is 566 g/mol. The standard InChI is InChI=1S/C21H21F2IN8O/c1-10(2)30-8-15(26-9-30)20(33)31-7-11(3-4-16(31)24)18-28-19-13-5-12(22)6-14(23)17(13)27-21(25)32(19)29-18/h5-6,8-11,16H,3-4,7H2,1-2H3,(H2,25,27)/t11-,16-/m1/s1. The van der Waals surface area contributed by atoms with E-state index in [0.717, 1.165) is 18.9 Å². The topological polar surface area (TPSA) is 107 Å². The van der Waals surface area contributed by atoms with Crippen LogP contribution in [0.1, 0.15) is 55.0 Å². The number of nitrogens with two attached hydrogens (primary N) is 1. The van der Waals surface area contributed by atoms with E-state index in [9.17, 15) is 13.6 Å². The van der Waals surface area contributed by atoms with Gasteiger partial charge in [-0.2, -0.15) is 4.52 Å². The molecule has 1 fully saturated rings. The number of amides is 1. The van der Waals surface area contributed by atoms with Crippen LogP contribution in [0.2, 0.25) is 0 Å². The van der Waals surface area contributed by atoms with E-state index >= 15 is 0 Å². The molecule has 5 rings (SSSR count). The number of hydrogen-bond donors (Lipinski definition) is 1. The molecule has 4 heterocycles. The minimum absolute atomic E-state index is 0.00309. The molecular weight excluding hydrogens is 545 g/mol. The van der Waals surface area contributed by atoms with Crippen molar-refractivity contribution < 1.29 is 13.6 Å². The quantitative estimate of drug-likeness (QED) is 0.230. The summed E-state index contributed by atoms with van der Waals surface area (Å²) < 4.78 is 31.3. The van der Waals surface area contributed by atoms with Crippen LogP contribution in [0.3, 0.4) is 0 Å². The first-order chi connectivity index (χ1) is 15.7.